The molecule has 0 aliphatic carbocycles. The predicted octanol–water partition coefficient (Wildman–Crippen LogP) is 4.87. The van der Waals surface area contributed by atoms with Gasteiger partial charge in [0.1, 0.15) is 0 Å². The summed E-state index contributed by atoms with van der Waals surface area (Å²) in [7, 11) is 0. The molecule has 1 aromatic carbocycles. The number of piperazine rings is 1. The molecule has 0 radical (unpaired) electrons. The van der Waals surface area contributed by atoms with E-state index in [1.54, 1.807) is 4.90 Å². The number of hydrogen-bond acceptors (Lipinski definition) is 8. The lowest BCUT2D eigenvalue weighted by molar-refractivity contribution is -0.142. The molecule has 51 heavy (non-hydrogen) atoms. The first-order valence-electron chi connectivity index (χ1n) is 17.1. The van der Waals surface area contributed by atoms with Crippen LogP contribution in [0.2, 0.25) is 0 Å². The summed E-state index contributed by atoms with van der Waals surface area (Å²) < 4.78 is 88.7. The molecule has 3 saturated heterocycles. The number of fused-ring (bicyclic) bond motifs is 1. The summed E-state index contributed by atoms with van der Waals surface area (Å²) in [4.78, 5) is 47.3. The number of urea groups is 1. The van der Waals surface area contributed by atoms with E-state index in [0.717, 1.165) is 37.4 Å². The van der Waals surface area contributed by atoms with Crippen LogP contribution in [0.4, 0.5) is 47.3 Å². The molecule has 0 saturated carbocycles. The van der Waals surface area contributed by atoms with Crippen LogP contribution in [0.3, 0.4) is 0 Å². The number of anilines is 2. The van der Waals surface area contributed by atoms with Gasteiger partial charge in [-0.2, -0.15) is 26.3 Å². The number of nitrogens with one attached hydrogen (secondary N) is 2. The third-order valence-corrected chi connectivity index (χ3v) is 11.1. The van der Waals surface area contributed by atoms with Crippen molar-refractivity contribution in [3.05, 3.63) is 45.1 Å². The minimum absolute atomic E-state index is 0.170. The Morgan fingerprint density at radius 3 is 2.06 bits per heavy atom. The first kappa shape index (κ1) is 37.0. The monoisotopic (exact) mass is 745 g/mol. The number of amides is 4. The van der Waals surface area contributed by atoms with Gasteiger partial charge in [-0.3, -0.25) is 9.69 Å². The van der Waals surface area contributed by atoms with E-state index in [2.05, 4.69) is 15.5 Å². The van der Waals surface area contributed by atoms with Gasteiger partial charge in [-0.25, -0.2) is 9.59 Å². The smallest absolute Gasteiger partial charge is 0.418 e. The molecule has 280 valence electrons. The van der Waals surface area contributed by atoms with Crippen molar-refractivity contribution >= 4 is 40.7 Å². The number of alkyl halides is 6. The molecule has 18 heteroatoms. The van der Waals surface area contributed by atoms with Crippen LogP contribution >= 0.6 is 11.3 Å². The van der Waals surface area contributed by atoms with Crippen molar-refractivity contribution < 1.29 is 45.5 Å². The average Bonchev–Trinajstić information content (AvgIpc) is 3.47. The van der Waals surface area contributed by atoms with E-state index in [-0.39, 0.29) is 31.2 Å². The second-order valence-corrected chi connectivity index (χ2v) is 14.2. The summed E-state index contributed by atoms with van der Waals surface area (Å²) in [6.45, 7) is 4.82. The van der Waals surface area contributed by atoms with Crippen molar-refractivity contribution in [1.82, 2.24) is 24.9 Å². The summed E-state index contributed by atoms with van der Waals surface area (Å²) >= 11 is 1.50. The Labute approximate surface area is 295 Å². The lowest BCUT2D eigenvalue weighted by Crippen LogP contribution is -2.54. The lowest BCUT2D eigenvalue weighted by Gasteiger charge is -2.41. The van der Waals surface area contributed by atoms with E-state index in [9.17, 15) is 40.7 Å². The van der Waals surface area contributed by atoms with Gasteiger partial charge in [-0.15, -0.1) is 11.3 Å². The molecule has 4 aliphatic rings. The van der Waals surface area contributed by atoms with Crippen LogP contribution < -0.4 is 16.4 Å². The number of nitrogens with two attached hydrogens (primary N) is 1. The van der Waals surface area contributed by atoms with Crippen LogP contribution in [0.1, 0.15) is 47.9 Å². The van der Waals surface area contributed by atoms with Crippen molar-refractivity contribution in [1.29, 1.82) is 0 Å². The fourth-order valence-corrected chi connectivity index (χ4v) is 8.28. The number of thiophene rings is 1. The fourth-order valence-electron chi connectivity index (χ4n) is 7.46. The number of halogens is 6. The van der Waals surface area contributed by atoms with E-state index < -0.39 is 59.3 Å². The molecule has 3 fully saturated rings. The lowest BCUT2D eigenvalue weighted by atomic mass is 9.97. The fraction of sp³-hybridized carbons (Fsp3) is 0.606. The molecule has 4 N–H and O–H groups in total. The van der Waals surface area contributed by atoms with Crippen molar-refractivity contribution in [2.24, 2.45) is 0 Å². The van der Waals surface area contributed by atoms with Crippen LogP contribution in [0, 0.1) is 0 Å². The van der Waals surface area contributed by atoms with Gasteiger partial charge in [0.05, 0.1) is 22.5 Å². The topological polar surface area (TPSA) is 123 Å². The quantitative estimate of drug-likeness (QED) is 0.285. The molecule has 6 rings (SSSR count). The standard InChI is InChI=1S/C33H41F6N7O4S/c34-32(35,36)24-15-20(16-25(28(24)40)33(37,38)39)17-27(29(47)44-8-2-22(3-9-44)43-13-6-41-7-14-43)50-31(49)45-10-4-23(5-11-45)46-12-1-21-18-51-19-26(21)42-30(46)48/h15-16,18-19,22-23,27,41H,1-14,17,40H2,(H,42,48)/t27-/m1/s1. The number of hydrogen-bond donors (Lipinski definition) is 3. The number of likely N-dealkylation sites (tertiary alicyclic amines) is 2. The SMILES string of the molecule is Nc1c(C(F)(F)F)cc(C[C@@H](OC(=O)N2CCC(N3CCc4cscc4NC3=O)CC2)C(=O)N2CCC(N3CCNCC3)CC2)cc1C(F)(F)F. The van der Waals surface area contributed by atoms with Gasteiger partial charge < -0.3 is 35.8 Å². The summed E-state index contributed by atoms with van der Waals surface area (Å²) in [6, 6.07) is 0.766. The van der Waals surface area contributed by atoms with Crippen molar-refractivity contribution in [3.63, 3.8) is 0 Å². The predicted molar refractivity (Wildman–Crippen MR) is 177 cm³/mol. The van der Waals surface area contributed by atoms with E-state index >= 15 is 0 Å². The zero-order valence-corrected chi connectivity index (χ0v) is 28.6. The van der Waals surface area contributed by atoms with Crippen molar-refractivity contribution in [2.45, 2.75) is 69.1 Å². The molecule has 0 bridgehead atoms. The Kier molecular flexibility index (Phi) is 10.9. The molecule has 0 spiro atoms. The number of carbonyl (C=O) groups excluding carboxylic acids is 3. The number of nitrogen functional groups attached to an aromatic ring is 1. The highest BCUT2D eigenvalue weighted by atomic mass is 32.1. The maximum absolute atomic E-state index is 13.9. The molecule has 1 aromatic heterocycles. The third kappa shape index (κ3) is 8.49. The first-order chi connectivity index (χ1) is 24.2. The zero-order chi connectivity index (χ0) is 36.5. The van der Waals surface area contributed by atoms with Crippen LogP contribution in [-0.2, 0) is 34.7 Å². The van der Waals surface area contributed by atoms with Crippen LogP contribution in [0.25, 0.3) is 0 Å². The van der Waals surface area contributed by atoms with Crippen molar-refractivity contribution in [3.8, 4) is 0 Å². The summed E-state index contributed by atoms with van der Waals surface area (Å²) in [5.41, 5.74) is 1.84. The van der Waals surface area contributed by atoms with E-state index in [0.29, 0.717) is 63.9 Å². The Hall–Kier alpha value is -3.77. The van der Waals surface area contributed by atoms with Gasteiger partial charge in [-0.1, -0.05) is 0 Å². The molecule has 2 aromatic rings. The van der Waals surface area contributed by atoms with Gasteiger partial charge in [0.2, 0.25) is 0 Å². The maximum atomic E-state index is 13.9. The third-order valence-electron chi connectivity index (χ3n) is 10.3. The number of piperidine rings is 2. The largest absolute Gasteiger partial charge is 0.436 e. The zero-order valence-electron chi connectivity index (χ0n) is 27.8. The molecule has 1 atom stereocenters. The van der Waals surface area contributed by atoms with Gasteiger partial charge in [0, 0.05) is 82.8 Å². The van der Waals surface area contributed by atoms with Gasteiger partial charge >= 0.3 is 24.5 Å². The Morgan fingerprint density at radius 1 is 0.863 bits per heavy atom. The van der Waals surface area contributed by atoms with Crippen LogP contribution in [0.15, 0.2) is 22.9 Å². The number of carbonyl (C=O) groups is 3. The molecule has 5 heterocycles. The summed E-state index contributed by atoms with van der Waals surface area (Å²) in [6.07, 6.45) is -11.0. The minimum atomic E-state index is -5.21. The second kappa shape index (κ2) is 15.1. The number of nitrogens with zero attached hydrogens (tertiary/aromatic N) is 4. The maximum Gasteiger partial charge on any atom is 0.418 e. The van der Waals surface area contributed by atoms with E-state index in [4.69, 9.17) is 10.5 Å². The van der Waals surface area contributed by atoms with E-state index in [1.807, 2.05) is 10.8 Å². The number of rotatable bonds is 6. The highest BCUT2D eigenvalue weighted by Gasteiger charge is 2.42. The molecule has 0 unspecified atom stereocenters. The summed E-state index contributed by atoms with van der Waals surface area (Å²) in [5.74, 6) is -0.690. The van der Waals surface area contributed by atoms with Gasteiger partial charge in [0.15, 0.2) is 6.10 Å². The molecular weight excluding hydrogens is 704 g/mol. The Morgan fingerprint density at radius 2 is 1.45 bits per heavy atom. The van der Waals surface area contributed by atoms with Crippen LogP contribution in [-0.4, -0.2) is 115 Å². The minimum Gasteiger partial charge on any atom is -0.436 e. The normalized spacial score (nSPS) is 20.8. The molecule has 4 amide bonds. The number of benzene rings is 1. The Bertz CT molecular complexity index is 1550. The van der Waals surface area contributed by atoms with E-state index in [1.165, 1.54) is 21.1 Å². The molecule has 4 aliphatic heterocycles. The highest BCUT2D eigenvalue weighted by Crippen LogP contribution is 2.42. The Balaban J connectivity index is 1.17. The average molecular weight is 746 g/mol. The van der Waals surface area contributed by atoms with Gasteiger partial charge in [0.25, 0.3) is 5.91 Å². The molecular formula is C33H41F6N7O4S. The van der Waals surface area contributed by atoms with Crippen molar-refractivity contribution in [2.75, 3.05) is 70.0 Å². The summed E-state index contributed by atoms with van der Waals surface area (Å²) in [5, 5.41) is 10.1. The van der Waals surface area contributed by atoms with Gasteiger partial charge in [-0.05, 0) is 60.7 Å². The highest BCUT2D eigenvalue weighted by molar-refractivity contribution is 7.08. The molecule has 11 nitrogen and oxygen atoms in total. The first-order valence-corrected chi connectivity index (χ1v) is 18.0. The second-order valence-electron chi connectivity index (χ2n) is 13.4. The van der Waals surface area contributed by atoms with Crippen LogP contribution in [0.5, 0.6) is 0 Å². The number of ether oxygens (including phenoxy) is 1.